The molecule has 5 aliphatic rings. The maximum atomic E-state index is 14.1. The summed E-state index contributed by atoms with van der Waals surface area (Å²) < 4.78 is 0. The molecule has 14 nitrogen and oxygen atoms in total. The van der Waals surface area contributed by atoms with E-state index in [9.17, 15) is 24.0 Å². The zero-order valence-electron chi connectivity index (χ0n) is 28.3. The van der Waals surface area contributed by atoms with E-state index in [2.05, 4.69) is 31.6 Å². The van der Waals surface area contributed by atoms with Crippen LogP contribution >= 0.6 is 0 Å². The fourth-order valence-corrected chi connectivity index (χ4v) is 8.89. The molecule has 0 saturated heterocycles. The molecule has 0 spiro atoms. The summed E-state index contributed by atoms with van der Waals surface area (Å²) in [6.45, 7) is 0.496. The number of nitrogens with two attached hydrogens (primary N) is 3. The second-order valence-corrected chi connectivity index (χ2v) is 14.8. The third-order valence-corrected chi connectivity index (χ3v) is 10.7. The molecule has 4 bridgehead atoms. The minimum Gasteiger partial charge on any atom is -0.370 e. The summed E-state index contributed by atoms with van der Waals surface area (Å²) >= 11 is 0. The molecule has 11 N–H and O–H groups in total. The van der Waals surface area contributed by atoms with Gasteiger partial charge in [0.2, 0.25) is 23.6 Å². The Bertz CT molecular complexity index is 1350. The first-order chi connectivity index (χ1) is 23.5. The first kappa shape index (κ1) is 36.1. The first-order valence-electron chi connectivity index (χ1n) is 17.8. The van der Waals surface area contributed by atoms with Gasteiger partial charge in [0.1, 0.15) is 18.1 Å². The van der Waals surface area contributed by atoms with E-state index in [-0.39, 0.29) is 37.2 Å². The van der Waals surface area contributed by atoms with Crippen molar-refractivity contribution in [1.82, 2.24) is 26.6 Å². The fraction of sp³-hybridized carbons (Fsp3) is 0.657. The maximum absolute atomic E-state index is 14.1. The van der Waals surface area contributed by atoms with Gasteiger partial charge < -0.3 is 38.5 Å². The van der Waals surface area contributed by atoms with E-state index in [1.54, 1.807) is 0 Å². The van der Waals surface area contributed by atoms with Crippen molar-refractivity contribution in [3.05, 3.63) is 35.9 Å². The number of rotatable bonds is 7. The molecule has 268 valence electrons. The van der Waals surface area contributed by atoms with Crippen LogP contribution in [-0.4, -0.2) is 72.9 Å². The Morgan fingerprint density at radius 1 is 0.918 bits per heavy atom. The van der Waals surface area contributed by atoms with Crippen molar-refractivity contribution in [2.24, 2.45) is 45.4 Å². The minimum atomic E-state index is -1.03. The van der Waals surface area contributed by atoms with Crippen molar-refractivity contribution in [2.45, 2.75) is 108 Å². The van der Waals surface area contributed by atoms with Crippen molar-refractivity contribution in [2.75, 3.05) is 13.1 Å². The number of nitrogens with zero attached hydrogens (tertiary/aromatic N) is 1. The standard InChI is InChI=1S/C35H53N9O5/c36-25(16-21-7-2-1-3-8-21)30(46)42-27-10-6-12-39-33(38)44-34(49)40-11-5-4-9-26(29(37)45)41-32(48)28(43-31(27)47)20-35-17-22-13-23(18-35)15-24(14-22)19-35/h1-3,7-8,22-28H,4-6,9-20,36H2,(H2,37,45)(H,41,48)(H,42,46)(H,43,47)(H4,38,39,40,44,49)/t22?,23?,24?,25-,26?,27+,28-,35?/m0/s1. The molecule has 6 rings (SSSR count). The van der Waals surface area contributed by atoms with Crippen molar-refractivity contribution in [3.8, 4) is 0 Å². The van der Waals surface area contributed by atoms with Crippen LogP contribution < -0.4 is 43.8 Å². The predicted octanol–water partition coefficient (Wildman–Crippen LogP) is 0.681. The normalized spacial score (nSPS) is 32.1. The van der Waals surface area contributed by atoms with E-state index in [0.717, 1.165) is 24.8 Å². The summed E-state index contributed by atoms with van der Waals surface area (Å²) in [4.78, 5) is 70.3. The Morgan fingerprint density at radius 3 is 2.24 bits per heavy atom. The van der Waals surface area contributed by atoms with Crippen LogP contribution in [-0.2, 0) is 25.6 Å². The summed E-state index contributed by atoms with van der Waals surface area (Å²) in [6.07, 6.45) is 9.29. The van der Waals surface area contributed by atoms with E-state index >= 15 is 0 Å². The highest BCUT2D eigenvalue weighted by Gasteiger charge is 2.52. The van der Waals surface area contributed by atoms with Crippen molar-refractivity contribution in [3.63, 3.8) is 0 Å². The summed E-state index contributed by atoms with van der Waals surface area (Å²) in [5.41, 5.74) is 18.7. The number of guanidine groups is 1. The lowest BCUT2D eigenvalue weighted by atomic mass is 9.48. The largest absolute Gasteiger partial charge is 0.370 e. The molecule has 0 aromatic heterocycles. The maximum Gasteiger partial charge on any atom is 0.321 e. The molecule has 4 atom stereocenters. The van der Waals surface area contributed by atoms with E-state index in [1.165, 1.54) is 19.3 Å². The molecule has 1 aromatic carbocycles. The number of primary amides is 1. The van der Waals surface area contributed by atoms with Crippen molar-refractivity contribution >= 4 is 35.6 Å². The number of aliphatic imine (C=N–C) groups is 1. The Kier molecular flexibility index (Phi) is 12.1. The van der Waals surface area contributed by atoms with Gasteiger partial charge in [0.05, 0.1) is 6.04 Å². The molecular formula is C35H53N9O5. The number of amides is 6. The third-order valence-electron chi connectivity index (χ3n) is 10.7. The molecule has 1 heterocycles. The van der Waals surface area contributed by atoms with Crippen LogP contribution in [0.1, 0.15) is 82.6 Å². The Labute approximate surface area is 287 Å². The average molecular weight is 680 g/mol. The van der Waals surface area contributed by atoms with Gasteiger partial charge in [0, 0.05) is 13.1 Å². The Balaban J connectivity index is 1.37. The van der Waals surface area contributed by atoms with Gasteiger partial charge in [-0.1, -0.05) is 30.3 Å². The fourth-order valence-electron chi connectivity index (χ4n) is 8.89. The van der Waals surface area contributed by atoms with E-state index < -0.39 is 53.8 Å². The molecule has 1 aliphatic heterocycles. The summed E-state index contributed by atoms with van der Waals surface area (Å²) in [7, 11) is 0. The minimum absolute atomic E-state index is 0.0737. The van der Waals surface area contributed by atoms with Gasteiger partial charge in [-0.05, 0) is 112 Å². The van der Waals surface area contributed by atoms with Crippen LogP contribution in [0.4, 0.5) is 4.79 Å². The summed E-state index contributed by atoms with van der Waals surface area (Å²) in [5, 5.41) is 13.8. The van der Waals surface area contributed by atoms with Gasteiger partial charge in [-0.25, -0.2) is 4.79 Å². The van der Waals surface area contributed by atoms with Crippen molar-refractivity contribution in [1.29, 1.82) is 0 Å². The molecule has 49 heavy (non-hydrogen) atoms. The molecule has 6 amide bonds. The number of hydrogen-bond donors (Lipinski definition) is 8. The SMILES string of the molecule is NC(=O)C1CCCCNC(=O)NC(N)=NCCC[C@@H](NC(=O)[C@@H](N)Cc2ccccc2)C(=O)N[C@@H](CC23CC4CC(CC(C4)C2)C3)C(=O)N1. The van der Waals surface area contributed by atoms with Crippen LogP contribution in [0.25, 0.3) is 0 Å². The summed E-state index contributed by atoms with van der Waals surface area (Å²) in [6, 6.07) is 5.02. The van der Waals surface area contributed by atoms with Crippen molar-refractivity contribution < 1.29 is 24.0 Å². The van der Waals surface area contributed by atoms with Crippen LogP contribution in [0.3, 0.4) is 0 Å². The van der Waals surface area contributed by atoms with Gasteiger partial charge in [0.15, 0.2) is 5.96 Å². The topological polar surface area (TPSA) is 236 Å². The smallest absolute Gasteiger partial charge is 0.321 e. The molecule has 0 radical (unpaired) electrons. The van der Waals surface area contributed by atoms with E-state index in [4.69, 9.17) is 17.2 Å². The van der Waals surface area contributed by atoms with Gasteiger partial charge in [-0.3, -0.25) is 29.5 Å². The van der Waals surface area contributed by atoms with Crippen LogP contribution in [0.2, 0.25) is 0 Å². The molecule has 4 saturated carbocycles. The van der Waals surface area contributed by atoms with Gasteiger partial charge in [0.25, 0.3) is 0 Å². The predicted molar refractivity (Wildman–Crippen MR) is 184 cm³/mol. The monoisotopic (exact) mass is 679 g/mol. The number of hydrogen-bond acceptors (Lipinski definition) is 8. The van der Waals surface area contributed by atoms with Gasteiger partial charge >= 0.3 is 6.03 Å². The lowest BCUT2D eigenvalue weighted by Gasteiger charge is -2.57. The number of carbonyl (C=O) groups is 5. The highest BCUT2D eigenvalue weighted by Crippen LogP contribution is 2.61. The lowest BCUT2D eigenvalue weighted by molar-refractivity contribution is -0.136. The Morgan fingerprint density at radius 2 is 1.59 bits per heavy atom. The highest BCUT2D eigenvalue weighted by atomic mass is 16.2. The molecule has 1 unspecified atom stereocenters. The van der Waals surface area contributed by atoms with E-state index in [1.807, 2.05) is 30.3 Å². The second-order valence-electron chi connectivity index (χ2n) is 14.8. The van der Waals surface area contributed by atoms with E-state index in [0.29, 0.717) is 50.0 Å². The number of nitrogens with one attached hydrogen (secondary N) is 5. The molecule has 4 aliphatic carbocycles. The molecule has 1 aromatic rings. The number of carbonyl (C=O) groups excluding carboxylic acids is 5. The molecular weight excluding hydrogens is 626 g/mol. The second kappa shape index (κ2) is 16.5. The van der Waals surface area contributed by atoms with Crippen LogP contribution in [0, 0.1) is 23.2 Å². The quantitative estimate of drug-likeness (QED) is 0.205. The summed E-state index contributed by atoms with van der Waals surface area (Å²) in [5.74, 6) is -0.344. The number of benzene rings is 1. The zero-order valence-corrected chi connectivity index (χ0v) is 28.3. The average Bonchev–Trinajstić information content (AvgIpc) is 3.04. The van der Waals surface area contributed by atoms with Gasteiger partial charge in [-0.15, -0.1) is 0 Å². The van der Waals surface area contributed by atoms with Gasteiger partial charge in [-0.2, -0.15) is 0 Å². The highest BCUT2D eigenvalue weighted by molar-refractivity contribution is 5.96. The lowest BCUT2D eigenvalue weighted by Crippen LogP contribution is -2.59. The molecule has 4 fully saturated rings. The van der Waals surface area contributed by atoms with Crippen LogP contribution in [0.5, 0.6) is 0 Å². The number of urea groups is 1. The zero-order chi connectivity index (χ0) is 35.0. The van der Waals surface area contributed by atoms with Crippen LogP contribution in [0.15, 0.2) is 35.3 Å². The Hall–Kier alpha value is -4.20. The first-order valence-corrected chi connectivity index (χ1v) is 17.8. The third kappa shape index (κ3) is 10.2. The molecule has 14 heteroatoms.